The molecule has 2 amide bonds. The fourth-order valence-corrected chi connectivity index (χ4v) is 3.61. The van der Waals surface area contributed by atoms with Gasteiger partial charge in [-0.1, -0.05) is 22.0 Å². The molecule has 0 bridgehead atoms. The normalized spacial score (nSPS) is 14.7. The Morgan fingerprint density at radius 2 is 1.70 bits per heavy atom. The van der Waals surface area contributed by atoms with E-state index >= 15 is 0 Å². The zero-order valence-corrected chi connectivity index (χ0v) is 17.2. The van der Waals surface area contributed by atoms with E-state index in [0.717, 1.165) is 23.0 Å². The summed E-state index contributed by atoms with van der Waals surface area (Å²) in [7, 11) is 3.94. The van der Waals surface area contributed by atoms with Crippen LogP contribution in [0.3, 0.4) is 0 Å². The molecule has 0 radical (unpaired) electrons. The molecule has 1 fully saturated rings. The zero-order chi connectivity index (χ0) is 19.4. The molecule has 1 aliphatic rings. The van der Waals surface area contributed by atoms with Gasteiger partial charge in [-0.15, -0.1) is 0 Å². The van der Waals surface area contributed by atoms with Crippen LogP contribution in [-0.2, 0) is 0 Å². The molecule has 5 nitrogen and oxygen atoms in total. The molecule has 2 aromatic rings. The minimum absolute atomic E-state index is 0.0420. The van der Waals surface area contributed by atoms with Crippen molar-refractivity contribution in [3.05, 3.63) is 64.1 Å². The molecule has 6 heteroatoms. The largest absolute Gasteiger partial charge is 0.378 e. The van der Waals surface area contributed by atoms with Crippen molar-refractivity contribution in [2.45, 2.75) is 18.9 Å². The molecular weight excluding hydrogens is 406 g/mol. The highest BCUT2D eigenvalue weighted by molar-refractivity contribution is 9.10. The van der Waals surface area contributed by atoms with Crippen molar-refractivity contribution in [1.82, 2.24) is 10.2 Å². The van der Waals surface area contributed by atoms with Crippen molar-refractivity contribution in [3.8, 4) is 0 Å². The summed E-state index contributed by atoms with van der Waals surface area (Å²) in [5.41, 5.74) is 2.41. The third-order valence-electron chi connectivity index (χ3n) is 4.83. The number of carbonyl (C=O) groups excluding carboxylic acids is 2. The van der Waals surface area contributed by atoms with Gasteiger partial charge in [0.2, 0.25) is 0 Å². The molecule has 1 heterocycles. The first-order valence-electron chi connectivity index (χ1n) is 9.07. The second kappa shape index (κ2) is 8.57. The second-order valence-electron chi connectivity index (χ2n) is 6.99. The van der Waals surface area contributed by atoms with E-state index in [1.165, 1.54) is 0 Å². The number of nitrogens with zero attached hydrogens (tertiary/aromatic N) is 2. The predicted molar refractivity (Wildman–Crippen MR) is 111 cm³/mol. The maximum atomic E-state index is 12.6. The molecule has 0 atom stereocenters. The topological polar surface area (TPSA) is 52.7 Å². The van der Waals surface area contributed by atoms with Crippen LogP contribution in [-0.4, -0.2) is 49.9 Å². The number of piperidine rings is 1. The lowest BCUT2D eigenvalue weighted by Gasteiger charge is -2.32. The van der Waals surface area contributed by atoms with Gasteiger partial charge in [-0.05, 0) is 55.3 Å². The highest BCUT2D eigenvalue weighted by Gasteiger charge is 2.25. The molecule has 2 aromatic carbocycles. The van der Waals surface area contributed by atoms with Crippen LogP contribution in [0.2, 0.25) is 0 Å². The van der Waals surface area contributed by atoms with Crippen molar-refractivity contribution in [1.29, 1.82) is 0 Å². The Morgan fingerprint density at radius 3 is 2.30 bits per heavy atom. The van der Waals surface area contributed by atoms with Gasteiger partial charge in [-0.25, -0.2) is 0 Å². The SMILES string of the molecule is CN(C)c1ccc(C(=O)NC2CCN(C(=O)c3cccc(Br)c3)CC2)cc1. The van der Waals surface area contributed by atoms with Gasteiger partial charge in [-0.2, -0.15) is 0 Å². The third kappa shape index (κ3) is 4.89. The molecule has 0 unspecified atom stereocenters. The lowest BCUT2D eigenvalue weighted by atomic mass is 10.0. The van der Waals surface area contributed by atoms with E-state index < -0.39 is 0 Å². The first-order valence-corrected chi connectivity index (χ1v) is 9.86. The van der Waals surface area contributed by atoms with E-state index in [9.17, 15) is 9.59 Å². The van der Waals surface area contributed by atoms with Gasteiger partial charge in [-0.3, -0.25) is 9.59 Å². The van der Waals surface area contributed by atoms with Crippen molar-refractivity contribution in [2.24, 2.45) is 0 Å². The van der Waals surface area contributed by atoms with Crippen molar-refractivity contribution < 1.29 is 9.59 Å². The number of benzene rings is 2. The van der Waals surface area contributed by atoms with E-state index in [0.29, 0.717) is 24.2 Å². The number of amides is 2. The molecule has 1 N–H and O–H groups in total. The van der Waals surface area contributed by atoms with Gasteiger partial charge in [0.1, 0.15) is 0 Å². The third-order valence-corrected chi connectivity index (χ3v) is 5.33. The monoisotopic (exact) mass is 429 g/mol. The molecule has 27 heavy (non-hydrogen) atoms. The Kier molecular flexibility index (Phi) is 6.16. The fourth-order valence-electron chi connectivity index (χ4n) is 3.21. The van der Waals surface area contributed by atoms with E-state index in [1.54, 1.807) is 0 Å². The van der Waals surface area contributed by atoms with Gasteiger partial charge < -0.3 is 15.1 Å². The smallest absolute Gasteiger partial charge is 0.253 e. The Morgan fingerprint density at radius 1 is 1.04 bits per heavy atom. The molecule has 1 saturated heterocycles. The quantitative estimate of drug-likeness (QED) is 0.808. The molecular formula is C21H24BrN3O2. The van der Waals surface area contributed by atoms with Crippen LogP contribution in [0.15, 0.2) is 53.0 Å². The number of nitrogens with one attached hydrogen (secondary N) is 1. The Labute approximate surface area is 168 Å². The minimum atomic E-state index is -0.0583. The lowest BCUT2D eigenvalue weighted by molar-refractivity contribution is 0.0698. The molecule has 0 saturated carbocycles. The lowest BCUT2D eigenvalue weighted by Crippen LogP contribution is -2.46. The van der Waals surface area contributed by atoms with Gasteiger partial charge >= 0.3 is 0 Å². The average Bonchev–Trinajstić information content (AvgIpc) is 2.68. The summed E-state index contributed by atoms with van der Waals surface area (Å²) in [6, 6.07) is 15.1. The van der Waals surface area contributed by atoms with Crippen LogP contribution in [0, 0.1) is 0 Å². The molecule has 1 aliphatic heterocycles. The highest BCUT2D eigenvalue weighted by atomic mass is 79.9. The summed E-state index contributed by atoms with van der Waals surface area (Å²) in [5.74, 6) is -0.0163. The van der Waals surface area contributed by atoms with Crippen LogP contribution in [0.4, 0.5) is 5.69 Å². The highest BCUT2D eigenvalue weighted by Crippen LogP contribution is 2.18. The summed E-state index contributed by atoms with van der Waals surface area (Å²) < 4.78 is 0.899. The van der Waals surface area contributed by atoms with Crippen LogP contribution in [0.5, 0.6) is 0 Å². The molecule has 3 rings (SSSR count). The van der Waals surface area contributed by atoms with Gasteiger partial charge in [0, 0.05) is 54.5 Å². The van der Waals surface area contributed by atoms with E-state index in [2.05, 4.69) is 21.2 Å². The summed E-state index contributed by atoms with van der Waals surface area (Å²) in [4.78, 5) is 28.9. The summed E-state index contributed by atoms with van der Waals surface area (Å²) >= 11 is 3.40. The van der Waals surface area contributed by atoms with Crippen molar-refractivity contribution in [2.75, 3.05) is 32.1 Å². The van der Waals surface area contributed by atoms with E-state index in [4.69, 9.17) is 0 Å². The number of carbonyl (C=O) groups is 2. The zero-order valence-electron chi connectivity index (χ0n) is 15.6. The van der Waals surface area contributed by atoms with Gasteiger partial charge in [0.05, 0.1) is 0 Å². The first kappa shape index (κ1) is 19.4. The van der Waals surface area contributed by atoms with E-state index in [-0.39, 0.29) is 17.9 Å². The number of anilines is 1. The van der Waals surface area contributed by atoms with Gasteiger partial charge in [0.25, 0.3) is 11.8 Å². The molecule has 0 spiro atoms. The molecule has 142 valence electrons. The Hall–Kier alpha value is -2.34. The second-order valence-corrected chi connectivity index (χ2v) is 7.91. The average molecular weight is 430 g/mol. The number of likely N-dealkylation sites (tertiary alicyclic amines) is 1. The van der Waals surface area contributed by atoms with Crippen molar-refractivity contribution >= 4 is 33.4 Å². The maximum absolute atomic E-state index is 12.6. The van der Waals surface area contributed by atoms with Crippen molar-refractivity contribution in [3.63, 3.8) is 0 Å². The Bertz CT molecular complexity index is 812. The van der Waals surface area contributed by atoms with Crippen LogP contribution < -0.4 is 10.2 Å². The van der Waals surface area contributed by atoms with Gasteiger partial charge in [0.15, 0.2) is 0 Å². The predicted octanol–water partition coefficient (Wildman–Crippen LogP) is 3.55. The van der Waals surface area contributed by atoms with Crippen LogP contribution in [0.1, 0.15) is 33.6 Å². The standard InChI is InChI=1S/C21H24BrN3O2/c1-24(2)19-8-6-15(7-9-19)20(26)23-18-10-12-25(13-11-18)21(27)16-4-3-5-17(22)14-16/h3-9,14,18H,10-13H2,1-2H3,(H,23,26). The minimum Gasteiger partial charge on any atom is -0.378 e. The molecule has 0 aromatic heterocycles. The number of halogens is 1. The number of rotatable bonds is 4. The van der Waals surface area contributed by atoms with E-state index in [1.807, 2.05) is 72.4 Å². The van der Waals surface area contributed by atoms with Crippen LogP contribution in [0.25, 0.3) is 0 Å². The summed E-state index contributed by atoms with van der Waals surface area (Å²) in [5, 5.41) is 3.09. The number of hydrogen-bond donors (Lipinski definition) is 1. The summed E-state index contributed by atoms with van der Waals surface area (Å²) in [6.07, 6.45) is 1.53. The first-order chi connectivity index (χ1) is 12.9. The number of hydrogen-bond acceptors (Lipinski definition) is 3. The Balaban J connectivity index is 1.53. The van der Waals surface area contributed by atoms with Crippen LogP contribution >= 0.6 is 15.9 Å². The molecule has 0 aliphatic carbocycles. The fraction of sp³-hybridized carbons (Fsp3) is 0.333. The summed E-state index contributed by atoms with van der Waals surface area (Å²) in [6.45, 7) is 1.30. The maximum Gasteiger partial charge on any atom is 0.253 e.